The van der Waals surface area contributed by atoms with Gasteiger partial charge in [0.05, 0.1) is 6.54 Å². The standard InChI is InChI=1S/C12H21N5OS/c1-9(18)14-7-10-3-5-17(6-4-10)8-11-15-16-12(13-2)19-11/h10H,3-8H2,1-2H3,(H,13,16)(H,14,18). The lowest BCUT2D eigenvalue weighted by Crippen LogP contribution is -2.37. The first-order chi connectivity index (χ1) is 9.17. The van der Waals surface area contributed by atoms with Crippen LogP contribution in [-0.2, 0) is 11.3 Å². The Balaban J connectivity index is 1.72. The maximum Gasteiger partial charge on any atom is 0.216 e. The Morgan fingerprint density at radius 1 is 1.42 bits per heavy atom. The summed E-state index contributed by atoms with van der Waals surface area (Å²) in [4.78, 5) is 13.3. The van der Waals surface area contributed by atoms with Gasteiger partial charge in [-0.05, 0) is 31.8 Å². The first-order valence-electron chi connectivity index (χ1n) is 6.64. The van der Waals surface area contributed by atoms with Crippen LogP contribution >= 0.6 is 11.3 Å². The van der Waals surface area contributed by atoms with E-state index in [1.54, 1.807) is 18.3 Å². The van der Waals surface area contributed by atoms with E-state index in [1.807, 2.05) is 7.05 Å². The number of hydrogen-bond donors (Lipinski definition) is 2. The Morgan fingerprint density at radius 3 is 2.74 bits per heavy atom. The molecule has 0 radical (unpaired) electrons. The van der Waals surface area contributed by atoms with Crippen molar-refractivity contribution in [3.8, 4) is 0 Å². The van der Waals surface area contributed by atoms with Crippen LogP contribution in [0.3, 0.4) is 0 Å². The van der Waals surface area contributed by atoms with Gasteiger partial charge in [-0.1, -0.05) is 11.3 Å². The van der Waals surface area contributed by atoms with Crippen molar-refractivity contribution in [1.82, 2.24) is 20.4 Å². The van der Waals surface area contributed by atoms with Gasteiger partial charge in [0.1, 0.15) is 5.01 Å². The number of rotatable bonds is 5. The zero-order chi connectivity index (χ0) is 13.7. The molecule has 2 rings (SSSR count). The van der Waals surface area contributed by atoms with Crippen LogP contribution in [0.5, 0.6) is 0 Å². The summed E-state index contributed by atoms with van der Waals surface area (Å²) in [6.45, 7) is 5.40. The molecule has 1 aliphatic heterocycles. The molecule has 19 heavy (non-hydrogen) atoms. The minimum absolute atomic E-state index is 0.0656. The summed E-state index contributed by atoms with van der Waals surface area (Å²) >= 11 is 1.61. The molecule has 0 bridgehead atoms. The summed E-state index contributed by atoms with van der Waals surface area (Å²) in [5, 5.41) is 16.1. The molecular weight excluding hydrogens is 262 g/mol. The van der Waals surface area contributed by atoms with Crippen LogP contribution in [0.2, 0.25) is 0 Å². The lowest BCUT2D eigenvalue weighted by Gasteiger charge is -2.31. The lowest BCUT2D eigenvalue weighted by atomic mass is 9.97. The van der Waals surface area contributed by atoms with Crippen molar-refractivity contribution < 1.29 is 4.79 Å². The minimum Gasteiger partial charge on any atom is -0.363 e. The zero-order valence-corrected chi connectivity index (χ0v) is 12.3. The lowest BCUT2D eigenvalue weighted by molar-refractivity contribution is -0.119. The highest BCUT2D eigenvalue weighted by molar-refractivity contribution is 7.15. The number of nitrogens with one attached hydrogen (secondary N) is 2. The van der Waals surface area contributed by atoms with Crippen molar-refractivity contribution in [2.45, 2.75) is 26.3 Å². The third-order valence-electron chi connectivity index (χ3n) is 3.39. The van der Waals surface area contributed by atoms with Crippen LogP contribution in [0, 0.1) is 5.92 Å². The smallest absolute Gasteiger partial charge is 0.216 e. The molecule has 2 N–H and O–H groups in total. The Labute approximate surface area is 117 Å². The third kappa shape index (κ3) is 4.43. The number of carbonyl (C=O) groups is 1. The fourth-order valence-corrected chi connectivity index (χ4v) is 2.98. The number of likely N-dealkylation sites (tertiary alicyclic amines) is 1. The van der Waals surface area contributed by atoms with E-state index in [1.165, 1.54) is 0 Å². The van der Waals surface area contributed by atoms with Gasteiger partial charge in [-0.15, -0.1) is 10.2 Å². The largest absolute Gasteiger partial charge is 0.363 e. The van der Waals surface area contributed by atoms with Crippen molar-refractivity contribution >= 4 is 22.4 Å². The van der Waals surface area contributed by atoms with Crippen LogP contribution in [-0.4, -0.2) is 47.7 Å². The Kier molecular flexibility index (Phi) is 5.09. The highest BCUT2D eigenvalue weighted by atomic mass is 32.1. The SMILES string of the molecule is CNc1nnc(CN2CCC(CNC(C)=O)CC2)s1. The molecule has 1 saturated heterocycles. The van der Waals surface area contributed by atoms with Crippen molar-refractivity contribution in [1.29, 1.82) is 0 Å². The molecule has 6 nitrogen and oxygen atoms in total. The molecule has 0 saturated carbocycles. The predicted molar refractivity (Wildman–Crippen MR) is 76.1 cm³/mol. The fourth-order valence-electron chi connectivity index (χ4n) is 2.25. The molecule has 2 heterocycles. The maximum atomic E-state index is 10.9. The molecule has 0 atom stereocenters. The molecule has 7 heteroatoms. The van der Waals surface area contributed by atoms with Crippen molar-refractivity contribution in [2.75, 3.05) is 32.0 Å². The molecule has 1 fully saturated rings. The summed E-state index contributed by atoms with van der Waals surface area (Å²) in [6, 6.07) is 0. The molecule has 1 amide bonds. The second-order valence-corrected chi connectivity index (χ2v) is 5.97. The van der Waals surface area contributed by atoms with Gasteiger partial charge in [0.2, 0.25) is 11.0 Å². The number of hydrogen-bond acceptors (Lipinski definition) is 6. The van der Waals surface area contributed by atoms with E-state index in [9.17, 15) is 4.79 Å². The van der Waals surface area contributed by atoms with Gasteiger partial charge in [-0.2, -0.15) is 0 Å². The quantitative estimate of drug-likeness (QED) is 0.841. The number of amides is 1. The third-order valence-corrected chi connectivity index (χ3v) is 4.31. The van der Waals surface area contributed by atoms with Crippen molar-refractivity contribution in [2.24, 2.45) is 5.92 Å². The number of carbonyl (C=O) groups excluding carboxylic acids is 1. The summed E-state index contributed by atoms with van der Waals surface area (Å²) in [6.07, 6.45) is 2.27. The Bertz CT molecular complexity index is 414. The van der Waals surface area contributed by atoms with Gasteiger partial charge in [0.15, 0.2) is 0 Å². The van der Waals surface area contributed by atoms with E-state index < -0.39 is 0 Å². The van der Waals surface area contributed by atoms with E-state index in [2.05, 4.69) is 25.7 Å². The van der Waals surface area contributed by atoms with Crippen molar-refractivity contribution in [3.05, 3.63) is 5.01 Å². The minimum atomic E-state index is 0.0656. The molecule has 1 aromatic rings. The van der Waals surface area contributed by atoms with E-state index in [0.29, 0.717) is 5.92 Å². The van der Waals surface area contributed by atoms with Gasteiger partial charge in [-0.25, -0.2) is 0 Å². The second kappa shape index (κ2) is 6.81. The van der Waals surface area contributed by atoms with Crippen LogP contribution in [0.15, 0.2) is 0 Å². The van der Waals surface area contributed by atoms with Gasteiger partial charge in [-0.3, -0.25) is 9.69 Å². The molecule has 0 aromatic carbocycles. The van der Waals surface area contributed by atoms with Crippen LogP contribution in [0.25, 0.3) is 0 Å². The number of nitrogens with zero attached hydrogens (tertiary/aromatic N) is 3. The summed E-state index contributed by atoms with van der Waals surface area (Å²) < 4.78 is 0. The average Bonchev–Trinajstić information content (AvgIpc) is 2.85. The summed E-state index contributed by atoms with van der Waals surface area (Å²) in [5.74, 6) is 0.679. The summed E-state index contributed by atoms with van der Waals surface area (Å²) in [5.41, 5.74) is 0. The normalized spacial score (nSPS) is 17.4. The number of aromatic nitrogens is 2. The van der Waals surface area contributed by atoms with E-state index in [-0.39, 0.29) is 5.91 Å². The monoisotopic (exact) mass is 283 g/mol. The second-order valence-electron chi connectivity index (χ2n) is 4.91. The van der Waals surface area contributed by atoms with E-state index in [0.717, 1.165) is 49.2 Å². The average molecular weight is 283 g/mol. The first-order valence-corrected chi connectivity index (χ1v) is 7.46. The molecule has 0 aliphatic carbocycles. The van der Waals surface area contributed by atoms with E-state index in [4.69, 9.17) is 0 Å². The molecule has 106 valence electrons. The zero-order valence-electron chi connectivity index (χ0n) is 11.5. The van der Waals surface area contributed by atoms with E-state index >= 15 is 0 Å². The topological polar surface area (TPSA) is 70.2 Å². The van der Waals surface area contributed by atoms with Crippen LogP contribution < -0.4 is 10.6 Å². The predicted octanol–water partition coefficient (Wildman–Crippen LogP) is 0.928. The van der Waals surface area contributed by atoms with Gasteiger partial charge in [0, 0.05) is 20.5 Å². The number of piperidine rings is 1. The first kappa shape index (κ1) is 14.2. The molecule has 0 spiro atoms. The molecule has 0 unspecified atom stereocenters. The fraction of sp³-hybridized carbons (Fsp3) is 0.750. The molecule has 1 aliphatic rings. The summed E-state index contributed by atoms with van der Waals surface area (Å²) in [7, 11) is 1.86. The Morgan fingerprint density at radius 2 is 2.16 bits per heavy atom. The highest BCUT2D eigenvalue weighted by Crippen LogP contribution is 2.21. The van der Waals surface area contributed by atoms with Crippen LogP contribution in [0.1, 0.15) is 24.8 Å². The molecular formula is C12H21N5OS. The van der Waals surface area contributed by atoms with Crippen LogP contribution in [0.4, 0.5) is 5.13 Å². The van der Waals surface area contributed by atoms with Gasteiger partial charge in [0.25, 0.3) is 0 Å². The van der Waals surface area contributed by atoms with Crippen molar-refractivity contribution in [3.63, 3.8) is 0 Å². The highest BCUT2D eigenvalue weighted by Gasteiger charge is 2.20. The van der Waals surface area contributed by atoms with Gasteiger partial charge < -0.3 is 10.6 Å². The molecule has 1 aromatic heterocycles. The Hall–Kier alpha value is -1.21. The maximum absolute atomic E-state index is 10.9. The number of anilines is 1. The van der Waals surface area contributed by atoms with Gasteiger partial charge >= 0.3 is 0 Å².